The van der Waals surface area contributed by atoms with Gasteiger partial charge in [0.05, 0.1) is 24.6 Å². The molecule has 2 aliphatic heterocycles. The number of hydrogen-bond acceptors (Lipinski definition) is 5. The van der Waals surface area contributed by atoms with Crippen LogP contribution in [0.3, 0.4) is 0 Å². The number of likely N-dealkylation sites (tertiary alicyclic amines) is 1. The van der Waals surface area contributed by atoms with Crippen LogP contribution in [0.4, 0.5) is 4.39 Å². The summed E-state index contributed by atoms with van der Waals surface area (Å²) >= 11 is 5.91. The summed E-state index contributed by atoms with van der Waals surface area (Å²) in [6.07, 6.45) is 2.90. The molecule has 3 aromatic rings. The average molecular weight is 482 g/mol. The number of hydrogen-bond donors (Lipinski definition) is 0. The van der Waals surface area contributed by atoms with Gasteiger partial charge in [-0.2, -0.15) is 0 Å². The summed E-state index contributed by atoms with van der Waals surface area (Å²) in [6, 6.07) is 16.9. The highest BCUT2D eigenvalue weighted by molar-refractivity contribution is 7.71. The lowest BCUT2D eigenvalue weighted by Crippen LogP contribution is -2.50. The summed E-state index contributed by atoms with van der Waals surface area (Å²) in [5.74, 6) is 0.499. The van der Waals surface area contributed by atoms with Crippen LogP contribution in [-0.4, -0.2) is 68.6 Å². The van der Waals surface area contributed by atoms with E-state index >= 15 is 0 Å². The minimum absolute atomic E-state index is 0.268. The van der Waals surface area contributed by atoms with Crippen molar-refractivity contribution in [1.82, 2.24) is 24.1 Å². The second-order valence-corrected chi connectivity index (χ2v) is 9.87. The summed E-state index contributed by atoms with van der Waals surface area (Å²) in [7, 11) is 0. The van der Waals surface area contributed by atoms with E-state index in [0.717, 1.165) is 43.3 Å². The molecule has 34 heavy (non-hydrogen) atoms. The molecule has 8 heteroatoms. The van der Waals surface area contributed by atoms with Crippen molar-refractivity contribution in [3.8, 4) is 17.1 Å². The Morgan fingerprint density at radius 3 is 2.44 bits per heavy atom. The largest absolute Gasteiger partial charge is 0.373 e. The number of nitrogens with zero attached hydrogens (tertiary/aromatic N) is 5. The zero-order valence-corrected chi connectivity index (χ0v) is 20.6. The van der Waals surface area contributed by atoms with Crippen molar-refractivity contribution < 1.29 is 9.13 Å². The molecule has 0 unspecified atom stereocenters. The molecule has 180 valence electrons. The standard InChI is InChI=1S/C26H32FN5OS/c1-19-15-29(16-20(2)33-19)17-24-9-6-14-30(24)18-31-26(34)32(23-12-10-22(27)11-13-23)25(28-31)21-7-4-3-5-8-21/h3-5,7-8,10-13,19-20,24H,6,9,14-18H2,1-2H3/t19-,20+,24-/m1/s1. The Morgan fingerprint density at radius 2 is 1.74 bits per heavy atom. The number of morpholine rings is 1. The number of rotatable bonds is 6. The van der Waals surface area contributed by atoms with Gasteiger partial charge in [-0.15, -0.1) is 5.10 Å². The van der Waals surface area contributed by atoms with E-state index in [0.29, 0.717) is 17.5 Å². The predicted octanol–water partition coefficient (Wildman–Crippen LogP) is 4.74. The fourth-order valence-electron chi connectivity index (χ4n) is 5.29. The quantitative estimate of drug-likeness (QED) is 0.476. The number of aromatic nitrogens is 3. The molecule has 2 aliphatic rings. The highest BCUT2D eigenvalue weighted by atomic mass is 32.1. The van der Waals surface area contributed by atoms with Crippen LogP contribution < -0.4 is 0 Å². The van der Waals surface area contributed by atoms with Gasteiger partial charge in [-0.05, 0) is 63.2 Å². The maximum absolute atomic E-state index is 13.6. The number of halogens is 1. The lowest BCUT2D eigenvalue weighted by molar-refractivity contribution is -0.0730. The molecule has 1 aromatic heterocycles. The first kappa shape index (κ1) is 23.4. The molecule has 0 bridgehead atoms. The zero-order valence-electron chi connectivity index (χ0n) is 19.8. The van der Waals surface area contributed by atoms with E-state index in [4.69, 9.17) is 22.1 Å². The van der Waals surface area contributed by atoms with Crippen LogP contribution in [0.15, 0.2) is 54.6 Å². The maximum Gasteiger partial charge on any atom is 0.204 e. The monoisotopic (exact) mass is 481 g/mol. The second kappa shape index (κ2) is 10.1. The molecule has 2 aromatic carbocycles. The van der Waals surface area contributed by atoms with E-state index in [-0.39, 0.29) is 18.0 Å². The Morgan fingerprint density at radius 1 is 1.03 bits per heavy atom. The number of benzene rings is 2. The second-order valence-electron chi connectivity index (χ2n) is 9.51. The summed E-state index contributed by atoms with van der Waals surface area (Å²) in [6.45, 7) is 8.98. The lowest BCUT2D eigenvalue weighted by Gasteiger charge is -2.38. The molecule has 2 fully saturated rings. The third-order valence-electron chi connectivity index (χ3n) is 6.74. The van der Waals surface area contributed by atoms with Crippen LogP contribution >= 0.6 is 12.2 Å². The van der Waals surface area contributed by atoms with Gasteiger partial charge < -0.3 is 4.74 Å². The summed E-state index contributed by atoms with van der Waals surface area (Å²) in [5.41, 5.74) is 1.79. The Bertz CT molecular complexity index is 1150. The van der Waals surface area contributed by atoms with Crippen LogP contribution in [0.1, 0.15) is 26.7 Å². The molecule has 3 heterocycles. The van der Waals surface area contributed by atoms with Gasteiger partial charge in [-0.1, -0.05) is 30.3 Å². The third kappa shape index (κ3) is 5.00. The van der Waals surface area contributed by atoms with Gasteiger partial charge in [0.2, 0.25) is 4.77 Å². The highest BCUT2D eigenvalue weighted by Gasteiger charge is 2.30. The Balaban J connectivity index is 1.42. The normalized spacial score (nSPS) is 24.0. The van der Waals surface area contributed by atoms with E-state index in [2.05, 4.69) is 23.6 Å². The highest BCUT2D eigenvalue weighted by Crippen LogP contribution is 2.25. The molecule has 0 amide bonds. The first-order valence-corrected chi connectivity index (χ1v) is 12.5. The summed E-state index contributed by atoms with van der Waals surface area (Å²) in [4.78, 5) is 5.03. The minimum atomic E-state index is -0.268. The predicted molar refractivity (Wildman–Crippen MR) is 134 cm³/mol. The van der Waals surface area contributed by atoms with Crippen molar-refractivity contribution in [3.05, 3.63) is 65.2 Å². The molecule has 0 aliphatic carbocycles. The van der Waals surface area contributed by atoms with Gasteiger partial charge >= 0.3 is 0 Å². The van der Waals surface area contributed by atoms with Gasteiger partial charge in [0.1, 0.15) is 5.82 Å². The van der Waals surface area contributed by atoms with Crippen LogP contribution in [0, 0.1) is 10.6 Å². The van der Waals surface area contributed by atoms with Crippen molar-refractivity contribution >= 4 is 12.2 Å². The first-order valence-electron chi connectivity index (χ1n) is 12.1. The van der Waals surface area contributed by atoms with E-state index in [9.17, 15) is 4.39 Å². The van der Waals surface area contributed by atoms with E-state index in [1.54, 1.807) is 12.1 Å². The molecular formula is C26H32FN5OS. The maximum atomic E-state index is 13.6. The van der Waals surface area contributed by atoms with Crippen molar-refractivity contribution in [1.29, 1.82) is 0 Å². The molecule has 0 spiro atoms. The lowest BCUT2D eigenvalue weighted by atomic mass is 10.1. The molecular weight excluding hydrogens is 449 g/mol. The summed E-state index contributed by atoms with van der Waals surface area (Å²) < 4.78 is 24.0. The van der Waals surface area contributed by atoms with Crippen molar-refractivity contribution in [2.24, 2.45) is 0 Å². The fraction of sp³-hybridized carbons (Fsp3) is 0.462. The van der Waals surface area contributed by atoms with Crippen LogP contribution in [0.25, 0.3) is 17.1 Å². The van der Waals surface area contributed by atoms with Gasteiger partial charge in [0, 0.05) is 37.8 Å². The number of ether oxygens (including phenoxy) is 1. The van der Waals surface area contributed by atoms with E-state index < -0.39 is 0 Å². The van der Waals surface area contributed by atoms with Crippen molar-refractivity contribution in [2.45, 2.75) is 51.6 Å². The smallest absolute Gasteiger partial charge is 0.204 e. The Hall–Kier alpha value is -2.39. The molecule has 3 atom stereocenters. The average Bonchev–Trinajstić information content (AvgIpc) is 3.38. The topological polar surface area (TPSA) is 38.5 Å². The molecule has 0 saturated carbocycles. The fourth-order valence-corrected chi connectivity index (χ4v) is 5.58. The van der Waals surface area contributed by atoms with E-state index in [1.807, 2.05) is 39.6 Å². The van der Waals surface area contributed by atoms with Crippen molar-refractivity contribution in [2.75, 3.05) is 26.2 Å². The van der Waals surface area contributed by atoms with Crippen LogP contribution in [0.2, 0.25) is 0 Å². The first-order chi connectivity index (χ1) is 16.5. The third-order valence-corrected chi connectivity index (χ3v) is 7.13. The molecule has 2 saturated heterocycles. The van der Waals surface area contributed by atoms with Crippen LogP contribution in [0.5, 0.6) is 0 Å². The Kier molecular flexibility index (Phi) is 6.92. The van der Waals surface area contributed by atoms with Gasteiger partial charge in [-0.3, -0.25) is 14.4 Å². The van der Waals surface area contributed by atoms with Gasteiger partial charge in [0.25, 0.3) is 0 Å². The van der Waals surface area contributed by atoms with Crippen molar-refractivity contribution in [3.63, 3.8) is 0 Å². The van der Waals surface area contributed by atoms with Gasteiger partial charge in [0.15, 0.2) is 5.82 Å². The summed E-state index contributed by atoms with van der Waals surface area (Å²) in [5, 5.41) is 4.95. The molecule has 0 N–H and O–H groups in total. The molecule has 6 nitrogen and oxygen atoms in total. The molecule has 0 radical (unpaired) electrons. The van der Waals surface area contributed by atoms with E-state index in [1.165, 1.54) is 25.0 Å². The molecule has 5 rings (SSSR count). The zero-order chi connectivity index (χ0) is 23.7. The Labute approximate surface area is 205 Å². The minimum Gasteiger partial charge on any atom is -0.373 e. The van der Waals surface area contributed by atoms with Gasteiger partial charge in [-0.25, -0.2) is 9.07 Å². The van der Waals surface area contributed by atoms with Crippen LogP contribution in [-0.2, 0) is 11.4 Å². The SMILES string of the molecule is C[C@@H]1CN(C[C@H]2CCCN2Cn2nc(-c3ccccc3)n(-c3ccc(F)cc3)c2=S)C[C@H](C)O1.